The Morgan fingerprint density at radius 2 is 1.85 bits per heavy atom. The number of aromatic nitrogens is 3. The van der Waals surface area contributed by atoms with Gasteiger partial charge in [0.25, 0.3) is 0 Å². The molecular formula is C21H23ClN4O. The summed E-state index contributed by atoms with van der Waals surface area (Å²) in [6.45, 7) is 2.82. The minimum Gasteiger partial charge on any atom is -0.391 e. The standard InChI is InChI=1S/C21H23ClN4O/c22-16-4-3-7-23-18(16)12-25-10-14-8-20(21(27)9-15(14)11-25)26-13-24-17-5-1-2-6-19(17)26/h1-7,13-15,20-21,27H,8-12H2/t14-,15+,20-,21-/m1/s1. The van der Waals surface area contributed by atoms with Crippen molar-refractivity contribution in [1.29, 1.82) is 0 Å². The number of rotatable bonds is 3. The van der Waals surface area contributed by atoms with Crippen LogP contribution in [0.5, 0.6) is 0 Å². The molecule has 1 aliphatic carbocycles. The number of benzene rings is 1. The van der Waals surface area contributed by atoms with Crippen molar-refractivity contribution in [1.82, 2.24) is 19.4 Å². The van der Waals surface area contributed by atoms with E-state index in [9.17, 15) is 5.11 Å². The molecule has 1 N–H and O–H groups in total. The lowest BCUT2D eigenvalue weighted by molar-refractivity contribution is 0.0374. The van der Waals surface area contributed by atoms with E-state index in [4.69, 9.17) is 11.6 Å². The minimum atomic E-state index is -0.331. The predicted octanol–water partition coefficient (Wildman–Crippen LogP) is 3.53. The van der Waals surface area contributed by atoms with Gasteiger partial charge in [0.2, 0.25) is 0 Å². The molecule has 5 rings (SSSR count). The fraction of sp³-hybridized carbons (Fsp3) is 0.429. The molecule has 140 valence electrons. The highest BCUT2D eigenvalue weighted by molar-refractivity contribution is 6.31. The SMILES string of the molecule is O[C@@H]1C[C@H]2CN(Cc3ncccc3Cl)C[C@H]2C[C@H]1n1cnc2ccccc21. The molecule has 1 saturated carbocycles. The lowest BCUT2D eigenvalue weighted by atomic mass is 9.77. The Morgan fingerprint density at radius 3 is 2.70 bits per heavy atom. The van der Waals surface area contributed by atoms with Crippen molar-refractivity contribution in [2.75, 3.05) is 13.1 Å². The number of hydrogen-bond donors (Lipinski definition) is 1. The van der Waals surface area contributed by atoms with Crippen molar-refractivity contribution in [3.05, 3.63) is 59.6 Å². The van der Waals surface area contributed by atoms with Crippen LogP contribution in [0.25, 0.3) is 11.0 Å². The van der Waals surface area contributed by atoms with Crippen molar-refractivity contribution >= 4 is 22.6 Å². The van der Waals surface area contributed by atoms with Crippen molar-refractivity contribution in [3.8, 4) is 0 Å². The van der Waals surface area contributed by atoms with Crippen LogP contribution in [0.1, 0.15) is 24.6 Å². The summed E-state index contributed by atoms with van der Waals surface area (Å²) in [4.78, 5) is 11.4. The fourth-order valence-electron chi connectivity index (χ4n) is 4.92. The first-order valence-electron chi connectivity index (χ1n) is 9.60. The minimum absolute atomic E-state index is 0.0945. The molecule has 2 fully saturated rings. The molecule has 2 aromatic heterocycles. The first kappa shape index (κ1) is 17.2. The van der Waals surface area contributed by atoms with E-state index in [1.165, 1.54) is 0 Å². The maximum Gasteiger partial charge on any atom is 0.0961 e. The summed E-state index contributed by atoms with van der Waals surface area (Å²) in [6.07, 6.45) is 5.18. The monoisotopic (exact) mass is 382 g/mol. The lowest BCUT2D eigenvalue weighted by Crippen LogP contribution is -2.36. The van der Waals surface area contributed by atoms with Gasteiger partial charge in [0, 0.05) is 25.8 Å². The fourth-order valence-corrected chi connectivity index (χ4v) is 5.10. The third-order valence-electron chi connectivity index (χ3n) is 6.23. The topological polar surface area (TPSA) is 54.2 Å². The molecule has 1 saturated heterocycles. The molecule has 27 heavy (non-hydrogen) atoms. The average molecular weight is 383 g/mol. The van der Waals surface area contributed by atoms with Crippen LogP contribution in [-0.4, -0.2) is 43.7 Å². The van der Waals surface area contributed by atoms with E-state index >= 15 is 0 Å². The van der Waals surface area contributed by atoms with Crippen LogP contribution in [0.3, 0.4) is 0 Å². The van der Waals surface area contributed by atoms with Gasteiger partial charge in [0.1, 0.15) is 0 Å². The van der Waals surface area contributed by atoms with E-state index in [0.717, 1.165) is 54.2 Å². The number of nitrogens with zero attached hydrogens (tertiary/aromatic N) is 4. The highest BCUT2D eigenvalue weighted by atomic mass is 35.5. The van der Waals surface area contributed by atoms with Crippen molar-refractivity contribution in [2.45, 2.75) is 31.5 Å². The molecule has 3 aromatic rings. The zero-order valence-electron chi connectivity index (χ0n) is 15.1. The molecule has 0 spiro atoms. The number of hydrogen-bond acceptors (Lipinski definition) is 4. The van der Waals surface area contributed by atoms with Gasteiger partial charge in [0.05, 0.1) is 40.2 Å². The van der Waals surface area contributed by atoms with Gasteiger partial charge < -0.3 is 9.67 Å². The predicted molar refractivity (Wildman–Crippen MR) is 106 cm³/mol. The Balaban J connectivity index is 1.34. The molecule has 1 aliphatic heterocycles. The molecule has 0 amide bonds. The number of pyridine rings is 1. The average Bonchev–Trinajstić information content (AvgIpc) is 3.26. The Labute approximate surface area is 163 Å². The molecule has 2 aliphatic rings. The highest BCUT2D eigenvalue weighted by Gasteiger charge is 2.42. The Hall–Kier alpha value is -1.95. The largest absolute Gasteiger partial charge is 0.391 e. The molecule has 0 bridgehead atoms. The maximum atomic E-state index is 10.9. The third kappa shape index (κ3) is 3.14. The van der Waals surface area contributed by atoms with Crippen LogP contribution in [0.4, 0.5) is 0 Å². The second-order valence-electron chi connectivity index (χ2n) is 7.89. The Morgan fingerprint density at radius 1 is 1.04 bits per heavy atom. The molecule has 3 heterocycles. The van der Waals surface area contributed by atoms with Crippen LogP contribution < -0.4 is 0 Å². The summed E-state index contributed by atoms with van der Waals surface area (Å²) >= 11 is 6.29. The van der Waals surface area contributed by atoms with Gasteiger partial charge in [0.15, 0.2) is 0 Å². The summed E-state index contributed by atoms with van der Waals surface area (Å²) in [5.74, 6) is 1.12. The second kappa shape index (κ2) is 6.89. The molecule has 5 nitrogen and oxygen atoms in total. The van der Waals surface area contributed by atoms with Crippen LogP contribution in [0.2, 0.25) is 5.02 Å². The van der Waals surface area contributed by atoms with Gasteiger partial charge in [-0.1, -0.05) is 23.7 Å². The molecule has 6 heteroatoms. The quantitative estimate of drug-likeness (QED) is 0.752. The Kier molecular flexibility index (Phi) is 4.38. The smallest absolute Gasteiger partial charge is 0.0961 e. The molecule has 1 aromatic carbocycles. The van der Waals surface area contributed by atoms with E-state index in [0.29, 0.717) is 11.8 Å². The summed E-state index contributed by atoms with van der Waals surface area (Å²) in [5, 5.41) is 11.6. The summed E-state index contributed by atoms with van der Waals surface area (Å²) in [6, 6.07) is 12.0. The summed E-state index contributed by atoms with van der Waals surface area (Å²) in [5.41, 5.74) is 3.04. The number of aliphatic hydroxyl groups excluding tert-OH is 1. The van der Waals surface area contributed by atoms with Gasteiger partial charge in [-0.3, -0.25) is 9.88 Å². The number of imidazole rings is 1. The van der Waals surface area contributed by atoms with E-state index in [1.807, 2.05) is 36.7 Å². The first-order valence-corrected chi connectivity index (χ1v) is 9.98. The lowest BCUT2D eigenvalue weighted by Gasteiger charge is -2.36. The number of halogens is 1. The van der Waals surface area contributed by atoms with Crippen LogP contribution in [0, 0.1) is 11.8 Å². The number of aliphatic hydroxyl groups is 1. The zero-order valence-corrected chi connectivity index (χ0v) is 15.8. The first-order chi connectivity index (χ1) is 13.2. The molecule has 0 radical (unpaired) electrons. The van der Waals surface area contributed by atoms with Gasteiger partial charge in [-0.2, -0.15) is 0 Å². The van der Waals surface area contributed by atoms with Crippen molar-refractivity contribution in [2.24, 2.45) is 11.8 Å². The van der Waals surface area contributed by atoms with Gasteiger partial charge in [-0.15, -0.1) is 0 Å². The molecular weight excluding hydrogens is 360 g/mol. The zero-order chi connectivity index (χ0) is 18.4. The number of likely N-dealkylation sites (tertiary alicyclic amines) is 1. The number of para-hydroxylation sites is 2. The van der Waals surface area contributed by atoms with Crippen molar-refractivity contribution in [3.63, 3.8) is 0 Å². The van der Waals surface area contributed by atoms with Crippen molar-refractivity contribution < 1.29 is 5.11 Å². The van der Waals surface area contributed by atoms with E-state index in [2.05, 4.69) is 25.5 Å². The van der Waals surface area contributed by atoms with E-state index < -0.39 is 0 Å². The highest BCUT2D eigenvalue weighted by Crippen LogP contribution is 2.42. The van der Waals surface area contributed by atoms with Crippen LogP contribution in [0.15, 0.2) is 48.9 Å². The maximum absolute atomic E-state index is 10.9. The van der Waals surface area contributed by atoms with Crippen LogP contribution in [-0.2, 0) is 6.54 Å². The third-order valence-corrected chi connectivity index (χ3v) is 6.58. The molecule has 0 unspecified atom stereocenters. The van der Waals surface area contributed by atoms with E-state index in [1.54, 1.807) is 6.20 Å². The summed E-state index contributed by atoms with van der Waals surface area (Å²) < 4.78 is 2.18. The second-order valence-corrected chi connectivity index (χ2v) is 8.30. The van der Waals surface area contributed by atoms with E-state index in [-0.39, 0.29) is 12.1 Å². The van der Waals surface area contributed by atoms with Gasteiger partial charge >= 0.3 is 0 Å². The van der Waals surface area contributed by atoms with Gasteiger partial charge in [-0.25, -0.2) is 4.98 Å². The molecule has 4 atom stereocenters. The van der Waals surface area contributed by atoms with Crippen LogP contribution >= 0.6 is 11.6 Å². The Bertz CT molecular complexity index is 958. The normalized spacial score (nSPS) is 28.5. The number of fused-ring (bicyclic) bond motifs is 2. The van der Waals surface area contributed by atoms with Gasteiger partial charge in [-0.05, 0) is 48.9 Å². The summed E-state index contributed by atoms with van der Waals surface area (Å²) in [7, 11) is 0.